The first-order valence-electron chi connectivity index (χ1n) is 10.6. The number of alkyl halides is 2. The molecule has 2 aromatic carbocycles. The first-order valence-corrected chi connectivity index (χ1v) is 10.6. The molecular formula is C24H26F2N4O3. The van der Waals surface area contributed by atoms with Gasteiger partial charge in [0.15, 0.2) is 11.5 Å². The Balaban J connectivity index is 1.76. The normalized spacial score (nSPS) is 15.3. The summed E-state index contributed by atoms with van der Waals surface area (Å²) in [5.41, 5.74) is 1.67. The van der Waals surface area contributed by atoms with Gasteiger partial charge in [0.1, 0.15) is 17.2 Å². The smallest absolute Gasteiger partial charge is 0.263 e. The molecule has 0 radical (unpaired) electrons. The number of benzene rings is 2. The van der Waals surface area contributed by atoms with E-state index >= 15 is 0 Å². The van der Waals surface area contributed by atoms with Gasteiger partial charge in [-0.05, 0) is 57.5 Å². The number of halogens is 2. The molecule has 33 heavy (non-hydrogen) atoms. The zero-order valence-corrected chi connectivity index (χ0v) is 19.1. The molecule has 9 heteroatoms. The number of aryl methyl sites for hydroxylation is 1. The molecule has 1 amide bonds. The molecule has 0 saturated carbocycles. The Labute approximate surface area is 190 Å². The highest BCUT2D eigenvalue weighted by Crippen LogP contribution is 2.46. The van der Waals surface area contributed by atoms with E-state index in [0.717, 1.165) is 5.56 Å². The lowest BCUT2D eigenvalue weighted by molar-refractivity contribution is -0.114. The summed E-state index contributed by atoms with van der Waals surface area (Å²) in [7, 11) is 0. The van der Waals surface area contributed by atoms with E-state index in [1.807, 2.05) is 20.8 Å². The maximum absolute atomic E-state index is 13.5. The van der Waals surface area contributed by atoms with Crippen LogP contribution in [0.3, 0.4) is 0 Å². The molecule has 0 bridgehead atoms. The second-order valence-electron chi connectivity index (χ2n) is 8.99. The molecule has 4 rings (SSSR count). The number of phenolic OH excluding ortho intramolecular Hbond substituents is 1. The summed E-state index contributed by atoms with van der Waals surface area (Å²) in [6.45, 7) is 8.78. The largest absolute Gasteiger partial charge is 0.504 e. The monoisotopic (exact) mass is 456 g/mol. The third-order valence-electron chi connectivity index (χ3n) is 5.52. The summed E-state index contributed by atoms with van der Waals surface area (Å²) in [5.74, 6) is 1.07. The Morgan fingerprint density at radius 3 is 2.55 bits per heavy atom. The van der Waals surface area contributed by atoms with E-state index in [2.05, 4.69) is 20.6 Å². The van der Waals surface area contributed by atoms with Crippen LogP contribution in [0, 0.1) is 6.92 Å². The van der Waals surface area contributed by atoms with E-state index in [1.54, 1.807) is 19.1 Å². The lowest BCUT2D eigenvalue weighted by Gasteiger charge is -2.19. The number of carbonyl (C=O) groups excluding carboxylic acids is 1. The standard InChI is InChI=1S/C24H26F2N4O3/c1-11(14-6-15(22(25)26)8-16(7-14)30-13(3)31)27-23-17-9-19(32)21-18(10-24(4,5)33-21)20(17)28-12(2)29-23/h6-9,11,22,32H,10H2,1-5H3,(H,30,31)(H,27,28,29)/t11-/m1/s1. The molecule has 0 saturated heterocycles. The molecule has 1 aliphatic heterocycles. The summed E-state index contributed by atoms with van der Waals surface area (Å²) in [5, 5.41) is 17.0. The van der Waals surface area contributed by atoms with Crippen LogP contribution in [-0.2, 0) is 11.2 Å². The van der Waals surface area contributed by atoms with Crippen LogP contribution < -0.4 is 15.4 Å². The van der Waals surface area contributed by atoms with Crippen molar-refractivity contribution in [2.45, 2.75) is 59.1 Å². The Kier molecular flexibility index (Phi) is 5.59. The van der Waals surface area contributed by atoms with Crippen molar-refractivity contribution in [3.8, 4) is 11.5 Å². The molecule has 2 heterocycles. The highest BCUT2D eigenvalue weighted by atomic mass is 19.3. The molecule has 0 spiro atoms. The van der Waals surface area contributed by atoms with Crippen molar-refractivity contribution in [2.75, 3.05) is 10.6 Å². The quantitative estimate of drug-likeness (QED) is 0.474. The summed E-state index contributed by atoms with van der Waals surface area (Å²) < 4.78 is 32.8. The number of nitrogens with one attached hydrogen (secondary N) is 2. The Hall–Kier alpha value is -3.49. The van der Waals surface area contributed by atoms with Gasteiger partial charge in [-0.15, -0.1) is 0 Å². The molecule has 3 N–H and O–H groups in total. The molecule has 7 nitrogen and oxygen atoms in total. The number of rotatable bonds is 5. The van der Waals surface area contributed by atoms with Gasteiger partial charge in [0.25, 0.3) is 6.43 Å². The van der Waals surface area contributed by atoms with Gasteiger partial charge < -0.3 is 20.5 Å². The van der Waals surface area contributed by atoms with E-state index in [1.165, 1.54) is 19.1 Å². The average Bonchev–Trinajstić information content (AvgIpc) is 3.04. The van der Waals surface area contributed by atoms with Gasteiger partial charge >= 0.3 is 0 Å². The topological polar surface area (TPSA) is 96.4 Å². The van der Waals surface area contributed by atoms with Crippen molar-refractivity contribution in [1.82, 2.24) is 9.97 Å². The third kappa shape index (κ3) is 4.53. The predicted molar refractivity (Wildman–Crippen MR) is 122 cm³/mol. The summed E-state index contributed by atoms with van der Waals surface area (Å²) in [4.78, 5) is 20.6. The van der Waals surface area contributed by atoms with Gasteiger partial charge in [-0.25, -0.2) is 18.7 Å². The van der Waals surface area contributed by atoms with Gasteiger partial charge in [-0.2, -0.15) is 0 Å². The zero-order chi connectivity index (χ0) is 24.1. The van der Waals surface area contributed by atoms with Crippen LogP contribution in [0.4, 0.5) is 20.3 Å². The van der Waals surface area contributed by atoms with Gasteiger partial charge in [-0.3, -0.25) is 4.79 Å². The van der Waals surface area contributed by atoms with Gasteiger partial charge in [-0.1, -0.05) is 0 Å². The fourth-order valence-corrected chi connectivity index (χ4v) is 4.15. The fourth-order valence-electron chi connectivity index (χ4n) is 4.15. The van der Waals surface area contributed by atoms with E-state index in [9.17, 15) is 18.7 Å². The van der Waals surface area contributed by atoms with E-state index in [4.69, 9.17) is 4.74 Å². The first kappa shape index (κ1) is 22.7. The highest BCUT2D eigenvalue weighted by Gasteiger charge is 2.35. The van der Waals surface area contributed by atoms with Crippen molar-refractivity contribution in [2.24, 2.45) is 0 Å². The first-order chi connectivity index (χ1) is 15.4. The fraction of sp³-hybridized carbons (Fsp3) is 0.375. The minimum atomic E-state index is -2.69. The highest BCUT2D eigenvalue weighted by molar-refractivity contribution is 5.95. The van der Waals surface area contributed by atoms with Crippen molar-refractivity contribution in [3.63, 3.8) is 0 Å². The molecule has 1 aromatic heterocycles. The number of anilines is 2. The maximum atomic E-state index is 13.5. The minimum absolute atomic E-state index is 0.00104. The Morgan fingerprint density at radius 2 is 1.88 bits per heavy atom. The number of carbonyl (C=O) groups is 1. The van der Waals surface area contributed by atoms with Crippen LogP contribution in [0.1, 0.15) is 62.7 Å². The Bertz CT molecular complexity index is 1260. The van der Waals surface area contributed by atoms with Crippen LogP contribution in [-0.4, -0.2) is 26.6 Å². The molecule has 1 aliphatic rings. The van der Waals surface area contributed by atoms with Crippen molar-refractivity contribution >= 4 is 28.3 Å². The summed E-state index contributed by atoms with van der Waals surface area (Å²) in [6.07, 6.45) is -2.11. The minimum Gasteiger partial charge on any atom is -0.504 e. The van der Waals surface area contributed by atoms with Gasteiger partial charge in [0, 0.05) is 35.5 Å². The van der Waals surface area contributed by atoms with Crippen LogP contribution in [0.15, 0.2) is 24.3 Å². The number of aromatic nitrogens is 2. The maximum Gasteiger partial charge on any atom is 0.263 e. The molecule has 0 unspecified atom stereocenters. The van der Waals surface area contributed by atoms with Crippen molar-refractivity contribution < 1.29 is 23.4 Å². The molecule has 174 valence electrons. The van der Waals surface area contributed by atoms with Crippen LogP contribution in [0.5, 0.6) is 11.5 Å². The molecule has 0 aliphatic carbocycles. The van der Waals surface area contributed by atoms with E-state index in [0.29, 0.717) is 46.0 Å². The number of nitrogens with zero attached hydrogens (tertiary/aromatic N) is 2. The SMILES string of the molecule is CC(=O)Nc1cc(C(F)F)cc([C@@H](C)Nc2nc(C)nc3c4c(c(O)cc23)OC(C)(C)C4)c1. The van der Waals surface area contributed by atoms with Gasteiger partial charge in [0.05, 0.1) is 11.6 Å². The lowest BCUT2D eigenvalue weighted by Crippen LogP contribution is -2.24. The van der Waals surface area contributed by atoms with Crippen molar-refractivity contribution in [3.05, 3.63) is 46.8 Å². The number of phenols is 1. The average molecular weight is 456 g/mol. The lowest BCUT2D eigenvalue weighted by atomic mass is 9.98. The molecule has 0 fully saturated rings. The second-order valence-corrected chi connectivity index (χ2v) is 8.99. The Morgan fingerprint density at radius 1 is 1.18 bits per heavy atom. The van der Waals surface area contributed by atoms with Crippen LogP contribution in [0.25, 0.3) is 10.9 Å². The number of ether oxygens (including phenoxy) is 1. The molecule has 3 aromatic rings. The third-order valence-corrected chi connectivity index (χ3v) is 5.52. The van der Waals surface area contributed by atoms with Crippen molar-refractivity contribution in [1.29, 1.82) is 0 Å². The van der Waals surface area contributed by atoms with E-state index < -0.39 is 18.1 Å². The summed E-state index contributed by atoms with van der Waals surface area (Å²) in [6, 6.07) is 5.43. The second kappa shape index (κ2) is 8.13. The number of aromatic hydroxyl groups is 1. The molecule has 1 atom stereocenters. The van der Waals surface area contributed by atoms with E-state index in [-0.39, 0.29) is 17.2 Å². The zero-order valence-electron chi connectivity index (χ0n) is 19.1. The number of fused-ring (bicyclic) bond motifs is 3. The number of hydrogen-bond acceptors (Lipinski definition) is 6. The summed E-state index contributed by atoms with van der Waals surface area (Å²) >= 11 is 0. The van der Waals surface area contributed by atoms with Crippen LogP contribution >= 0.6 is 0 Å². The number of amides is 1. The molecular weight excluding hydrogens is 430 g/mol. The predicted octanol–water partition coefficient (Wildman–Crippen LogP) is 5.43. The van der Waals surface area contributed by atoms with Crippen LogP contribution in [0.2, 0.25) is 0 Å². The van der Waals surface area contributed by atoms with Gasteiger partial charge in [0.2, 0.25) is 5.91 Å². The number of hydrogen-bond donors (Lipinski definition) is 3.